The van der Waals surface area contributed by atoms with E-state index in [9.17, 15) is 9.59 Å². The highest BCUT2D eigenvalue weighted by molar-refractivity contribution is 5.88. The van der Waals surface area contributed by atoms with Crippen LogP contribution in [0.25, 0.3) is 0 Å². The number of carbonyl (C=O) groups is 2. The largest absolute Gasteiger partial charge is 0.352 e. The maximum absolute atomic E-state index is 13.5. The number of aryl methyl sites for hydroxylation is 2. The van der Waals surface area contributed by atoms with E-state index in [4.69, 9.17) is 0 Å². The van der Waals surface area contributed by atoms with Crippen LogP contribution >= 0.6 is 0 Å². The Balaban J connectivity index is 1.75. The lowest BCUT2D eigenvalue weighted by molar-refractivity contribution is -0.141. The van der Waals surface area contributed by atoms with Crippen molar-refractivity contribution in [2.24, 2.45) is 0 Å². The Labute approximate surface area is 206 Å². The molecule has 0 aliphatic heterocycles. The van der Waals surface area contributed by atoms with Gasteiger partial charge in [0.2, 0.25) is 11.8 Å². The summed E-state index contributed by atoms with van der Waals surface area (Å²) in [6.07, 6.45) is 6.10. The second-order valence-corrected chi connectivity index (χ2v) is 10.8. The number of hydrogen-bond acceptors (Lipinski definition) is 2. The molecule has 1 saturated carbocycles. The van der Waals surface area contributed by atoms with E-state index in [1.807, 2.05) is 24.0 Å². The summed E-state index contributed by atoms with van der Waals surface area (Å²) in [6, 6.07) is 16.5. The van der Waals surface area contributed by atoms with Gasteiger partial charge in [0, 0.05) is 19.0 Å². The third-order valence-corrected chi connectivity index (χ3v) is 7.14. The lowest BCUT2D eigenvalue weighted by atomic mass is 9.86. The van der Waals surface area contributed by atoms with Gasteiger partial charge >= 0.3 is 0 Å². The van der Waals surface area contributed by atoms with Crippen molar-refractivity contribution >= 4 is 11.8 Å². The first kappa shape index (κ1) is 26.0. The molecule has 0 bridgehead atoms. The molecule has 3 rings (SSSR count). The zero-order valence-corrected chi connectivity index (χ0v) is 21.7. The molecular formula is C30H42N2O2. The molecular weight excluding hydrogens is 420 g/mol. The molecule has 1 aliphatic rings. The normalized spacial score (nSPS) is 15.2. The van der Waals surface area contributed by atoms with Crippen LogP contribution in [0.15, 0.2) is 48.5 Å². The highest BCUT2D eigenvalue weighted by Gasteiger charge is 2.30. The topological polar surface area (TPSA) is 49.4 Å². The van der Waals surface area contributed by atoms with Crippen LogP contribution in [0.5, 0.6) is 0 Å². The predicted octanol–water partition coefficient (Wildman–Crippen LogP) is 6.09. The van der Waals surface area contributed by atoms with Gasteiger partial charge in [-0.1, -0.05) is 89.1 Å². The van der Waals surface area contributed by atoms with Crippen LogP contribution < -0.4 is 5.32 Å². The van der Waals surface area contributed by atoms with Gasteiger partial charge in [-0.05, 0) is 60.3 Å². The van der Waals surface area contributed by atoms with Gasteiger partial charge in [0.25, 0.3) is 0 Å². The fourth-order valence-electron chi connectivity index (χ4n) is 4.82. The minimum Gasteiger partial charge on any atom is -0.352 e. The Bertz CT molecular complexity index is 953. The molecule has 2 amide bonds. The summed E-state index contributed by atoms with van der Waals surface area (Å²) in [7, 11) is 0. The number of carbonyl (C=O) groups excluding carboxylic acids is 2. The Morgan fingerprint density at radius 2 is 1.68 bits per heavy atom. The lowest BCUT2D eigenvalue weighted by Crippen LogP contribution is -2.51. The number of rotatable bonds is 9. The van der Waals surface area contributed by atoms with E-state index in [2.05, 4.69) is 69.4 Å². The van der Waals surface area contributed by atoms with Gasteiger partial charge in [0.15, 0.2) is 0 Å². The van der Waals surface area contributed by atoms with Gasteiger partial charge < -0.3 is 10.2 Å². The molecule has 0 aromatic heterocycles. The quantitative estimate of drug-likeness (QED) is 0.490. The molecule has 0 heterocycles. The average molecular weight is 463 g/mol. The lowest BCUT2D eigenvalue weighted by Gasteiger charge is -2.32. The van der Waals surface area contributed by atoms with Crippen LogP contribution in [0.2, 0.25) is 0 Å². The molecule has 1 N–H and O–H groups in total. The SMILES string of the molecule is CC[C@H](C(=O)NC1CCCC1)N(Cc1ccccc1C)C(=O)CCc1ccc(C(C)(C)C)cc1. The maximum Gasteiger partial charge on any atom is 0.243 e. The van der Waals surface area contributed by atoms with Crippen LogP contribution in [0.1, 0.15) is 88.5 Å². The minimum absolute atomic E-state index is 0.00846. The molecule has 1 fully saturated rings. The molecule has 2 aromatic rings. The van der Waals surface area contributed by atoms with Gasteiger partial charge in [0.1, 0.15) is 6.04 Å². The van der Waals surface area contributed by atoms with Gasteiger partial charge in [-0.3, -0.25) is 9.59 Å². The van der Waals surface area contributed by atoms with Crippen LogP contribution in [-0.4, -0.2) is 28.8 Å². The average Bonchev–Trinajstić information content (AvgIpc) is 3.31. The Morgan fingerprint density at radius 3 is 2.26 bits per heavy atom. The van der Waals surface area contributed by atoms with Crippen molar-refractivity contribution in [2.45, 2.75) is 104 Å². The van der Waals surface area contributed by atoms with Crippen molar-refractivity contribution in [3.63, 3.8) is 0 Å². The van der Waals surface area contributed by atoms with E-state index >= 15 is 0 Å². The van der Waals surface area contributed by atoms with Crippen LogP contribution in [0.3, 0.4) is 0 Å². The second kappa shape index (κ2) is 11.7. The Hall–Kier alpha value is -2.62. The van der Waals surface area contributed by atoms with Crippen molar-refractivity contribution in [3.05, 3.63) is 70.8 Å². The summed E-state index contributed by atoms with van der Waals surface area (Å²) >= 11 is 0. The first-order chi connectivity index (χ1) is 16.2. The molecule has 1 atom stereocenters. The van der Waals surface area contributed by atoms with Crippen molar-refractivity contribution in [1.82, 2.24) is 10.2 Å². The third kappa shape index (κ3) is 6.94. The summed E-state index contributed by atoms with van der Waals surface area (Å²) in [6.45, 7) is 11.1. The Morgan fingerprint density at radius 1 is 1.03 bits per heavy atom. The molecule has 0 saturated heterocycles. The fourth-order valence-corrected chi connectivity index (χ4v) is 4.82. The summed E-state index contributed by atoms with van der Waals surface area (Å²) in [5, 5.41) is 3.23. The standard InChI is InChI=1S/C30H42N2O2/c1-6-27(29(34)31-26-13-9-10-14-26)32(21-24-12-8-7-11-22(24)2)28(33)20-17-23-15-18-25(19-16-23)30(3,4)5/h7-8,11-12,15-16,18-19,26-27H,6,9-10,13-14,17,20-21H2,1-5H3,(H,31,34)/t27-/m1/s1. The number of amides is 2. The minimum atomic E-state index is -0.448. The monoisotopic (exact) mass is 462 g/mol. The van der Waals surface area contributed by atoms with Gasteiger partial charge in [-0.25, -0.2) is 0 Å². The van der Waals surface area contributed by atoms with Crippen LogP contribution in [0.4, 0.5) is 0 Å². The van der Waals surface area contributed by atoms with E-state index in [-0.39, 0.29) is 23.3 Å². The molecule has 0 spiro atoms. The molecule has 2 aromatic carbocycles. The molecule has 34 heavy (non-hydrogen) atoms. The predicted molar refractivity (Wildman–Crippen MR) is 140 cm³/mol. The van der Waals surface area contributed by atoms with E-state index in [0.717, 1.165) is 29.5 Å². The summed E-state index contributed by atoms with van der Waals surface area (Å²) in [5.41, 5.74) is 4.79. The fraction of sp³-hybridized carbons (Fsp3) is 0.533. The van der Waals surface area contributed by atoms with Crippen molar-refractivity contribution in [2.75, 3.05) is 0 Å². The number of nitrogens with one attached hydrogen (secondary N) is 1. The van der Waals surface area contributed by atoms with Crippen molar-refractivity contribution < 1.29 is 9.59 Å². The molecule has 0 unspecified atom stereocenters. The third-order valence-electron chi connectivity index (χ3n) is 7.14. The maximum atomic E-state index is 13.5. The molecule has 4 nitrogen and oxygen atoms in total. The Kier molecular flexibility index (Phi) is 8.93. The van der Waals surface area contributed by atoms with Gasteiger partial charge in [-0.15, -0.1) is 0 Å². The first-order valence-electron chi connectivity index (χ1n) is 12.9. The zero-order chi connectivity index (χ0) is 24.7. The van der Waals surface area contributed by atoms with E-state index in [1.165, 1.54) is 18.4 Å². The number of benzene rings is 2. The molecule has 184 valence electrons. The molecule has 4 heteroatoms. The van der Waals surface area contributed by atoms with Gasteiger partial charge in [-0.2, -0.15) is 0 Å². The van der Waals surface area contributed by atoms with Crippen LogP contribution in [-0.2, 0) is 28.0 Å². The highest BCUT2D eigenvalue weighted by Crippen LogP contribution is 2.23. The highest BCUT2D eigenvalue weighted by atomic mass is 16.2. The van der Waals surface area contributed by atoms with Crippen LogP contribution in [0, 0.1) is 6.92 Å². The summed E-state index contributed by atoms with van der Waals surface area (Å²) < 4.78 is 0. The van der Waals surface area contributed by atoms with E-state index < -0.39 is 6.04 Å². The van der Waals surface area contributed by atoms with Crippen molar-refractivity contribution in [1.29, 1.82) is 0 Å². The summed E-state index contributed by atoms with van der Waals surface area (Å²) in [5.74, 6) is 0.0300. The number of nitrogens with zero attached hydrogens (tertiary/aromatic N) is 1. The number of hydrogen-bond donors (Lipinski definition) is 1. The van der Waals surface area contributed by atoms with Crippen molar-refractivity contribution in [3.8, 4) is 0 Å². The molecule has 0 radical (unpaired) electrons. The van der Waals surface area contributed by atoms with E-state index in [1.54, 1.807) is 0 Å². The van der Waals surface area contributed by atoms with Gasteiger partial charge in [0.05, 0.1) is 0 Å². The smallest absolute Gasteiger partial charge is 0.243 e. The zero-order valence-electron chi connectivity index (χ0n) is 21.7. The second-order valence-electron chi connectivity index (χ2n) is 10.8. The molecule has 1 aliphatic carbocycles. The summed E-state index contributed by atoms with van der Waals surface area (Å²) in [4.78, 5) is 28.6. The van der Waals surface area contributed by atoms with E-state index in [0.29, 0.717) is 25.8 Å². The first-order valence-corrected chi connectivity index (χ1v) is 12.9.